The number of ketones is 1. The third-order valence-corrected chi connectivity index (χ3v) is 6.81. The van der Waals surface area contributed by atoms with E-state index in [1.165, 1.54) is 17.2 Å². The van der Waals surface area contributed by atoms with Gasteiger partial charge in [-0.05, 0) is 53.2 Å². The summed E-state index contributed by atoms with van der Waals surface area (Å²) in [5, 5.41) is 0. The van der Waals surface area contributed by atoms with E-state index in [1.54, 1.807) is 7.11 Å². The van der Waals surface area contributed by atoms with E-state index in [9.17, 15) is 18.0 Å². The number of hydrogen-bond acceptors (Lipinski definition) is 6. The predicted octanol–water partition coefficient (Wildman–Crippen LogP) is 3.52. The molecule has 0 bridgehead atoms. The Kier molecular flexibility index (Phi) is 6.61. The maximum Gasteiger partial charge on any atom is 0.238 e. The zero-order chi connectivity index (χ0) is 25.5. The first kappa shape index (κ1) is 25.1. The van der Waals surface area contributed by atoms with Crippen LogP contribution in [0.2, 0.25) is 0 Å². The topological polar surface area (TPSA) is 105 Å². The quantitative estimate of drug-likeness (QED) is 0.467. The van der Waals surface area contributed by atoms with Crippen molar-refractivity contribution in [2.75, 3.05) is 18.3 Å². The van der Waals surface area contributed by atoms with Crippen LogP contribution < -0.4 is 19.9 Å². The molecule has 0 saturated heterocycles. The van der Waals surface area contributed by atoms with Crippen LogP contribution >= 0.6 is 0 Å². The minimum atomic E-state index is -3.35. The molecule has 1 atom stereocenters. The molecule has 9 heteroatoms. The molecule has 1 unspecified atom stereocenters. The Labute approximate surface area is 206 Å². The lowest BCUT2D eigenvalue weighted by atomic mass is 9.83. The first-order valence-electron chi connectivity index (χ1n) is 11.5. The number of ether oxygens (including phenoxy) is 1. The monoisotopic (exact) mass is 497 g/mol. The second kappa shape index (κ2) is 9.22. The zero-order valence-electron chi connectivity index (χ0n) is 20.6. The molecule has 2 aromatic carbocycles. The fourth-order valence-corrected chi connectivity index (χ4v) is 4.98. The fraction of sp³-hybridized carbons (Fsp3) is 0.385. The number of rotatable bonds is 6. The van der Waals surface area contributed by atoms with Crippen LogP contribution in [-0.2, 0) is 31.4 Å². The van der Waals surface area contributed by atoms with Gasteiger partial charge in [-0.25, -0.2) is 13.8 Å². The van der Waals surface area contributed by atoms with Crippen molar-refractivity contribution in [1.82, 2.24) is 10.3 Å². The SMILES string of the molecule is COc1c(-c2ccc3c(c2)CCC3NNS(C)(=O)=O)cc(N2C=CC(=O)CC2=O)cc1C(C)(C)C. The molecule has 0 saturated carbocycles. The van der Waals surface area contributed by atoms with Crippen LogP contribution in [0.25, 0.3) is 11.1 Å². The van der Waals surface area contributed by atoms with Gasteiger partial charge in [0.05, 0.1) is 19.8 Å². The minimum absolute atomic E-state index is 0.110. The van der Waals surface area contributed by atoms with Crippen molar-refractivity contribution >= 4 is 27.4 Å². The van der Waals surface area contributed by atoms with Crippen LogP contribution in [0, 0.1) is 0 Å². The number of amides is 1. The van der Waals surface area contributed by atoms with Crippen LogP contribution in [0.3, 0.4) is 0 Å². The highest BCUT2D eigenvalue weighted by Gasteiger charge is 2.29. The molecule has 1 aliphatic heterocycles. The van der Waals surface area contributed by atoms with Gasteiger partial charge in [-0.3, -0.25) is 14.5 Å². The fourth-order valence-electron chi connectivity index (χ4n) is 4.62. The van der Waals surface area contributed by atoms with Crippen LogP contribution in [0.15, 0.2) is 42.6 Å². The number of allylic oxidation sites excluding steroid dienone is 1. The molecule has 0 aromatic heterocycles. The van der Waals surface area contributed by atoms with Crippen LogP contribution in [0.5, 0.6) is 5.75 Å². The highest BCUT2D eigenvalue weighted by molar-refractivity contribution is 7.88. The number of carbonyl (C=O) groups excluding carboxylic acids is 2. The number of hydrogen-bond donors (Lipinski definition) is 2. The van der Waals surface area contributed by atoms with Gasteiger partial charge < -0.3 is 4.74 Å². The molecule has 186 valence electrons. The third-order valence-electron chi connectivity index (χ3n) is 6.32. The van der Waals surface area contributed by atoms with E-state index in [0.717, 1.165) is 52.7 Å². The average Bonchev–Trinajstić information content (AvgIpc) is 3.18. The molecule has 0 fully saturated rings. The summed E-state index contributed by atoms with van der Waals surface area (Å²) in [7, 11) is -1.71. The molecule has 8 nitrogen and oxygen atoms in total. The molecule has 35 heavy (non-hydrogen) atoms. The molecule has 1 heterocycles. The summed E-state index contributed by atoms with van der Waals surface area (Å²) in [5.41, 5.74) is 8.22. The Morgan fingerprint density at radius 2 is 1.86 bits per heavy atom. The lowest BCUT2D eigenvalue weighted by molar-refractivity contribution is -0.124. The summed E-state index contributed by atoms with van der Waals surface area (Å²) in [6.45, 7) is 6.26. The Hall–Kier alpha value is -3.01. The molecule has 0 spiro atoms. The van der Waals surface area contributed by atoms with Crippen molar-refractivity contribution in [3.63, 3.8) is 0 Å². The van der Waals surface area contributed by atoms with Crippen molar-refractivity contribution in [3.8, 4) is 16.9 Å². The van der Waals surface area contributed by atoms with Gasteiger partial charge in [-0.2, -0.15) is 4.83 Å². The van der Waals surface area contributed by atoms with Gasteiger partial charge in [0, 0.05) is 29.1 Å². The third kappa shape index (κ3) is 5.32. The molecule has 1 amide bonds. The molecular formula is C26H31N3O5S. The second-order valence-corrected chi connectivity index (χ2v) is 11.8. The summed E-state index contributed by atoms with van der Waals surface area (Å²) in [4.78, 5) is 28.3. The number of hydrazine groups is 1. The van der Waals surface area contributed by atoms with E-state index in [1.807, 2.05) is 24.3 Å². The first-order chi connectivity index (χ1) is 16.4. The van der Waals surface area contributed by atoms with Crippen molar-refractivity contribution in [2.45, 2.75) is 51.5 Å². The Bertz CT molecular complexity index is 1330. The maximum atomic E-state index is 12.7. The largest absolute Gasteiger partial charge is 0.496 e. The van der Waals surface area contributed by atoms with E-state index >= 15 is 0 Å². The van der Waals surface area contributed by atoms with Crippen LogP contribution in [0.4, 0.5) is 5.69 Å². The molecule has 1 aliphatic carbocycles. The number of benzene rings is 2. The normalized spacial score (nSPS) is 18.2. The van der Waals surface area contributed by atoms with Crippen molar-refractivity contribution in [1.29, 1.82) is 0 Å². The van der Waals surface area contributed by atoms with E-state index in [-0.39, 0.29) is 29.6 Å². The number of sulfonamides is 1. The van der Waals surface area contributed by atoms with E-state index in [4.69, 9.17) is 4.74 Å². The number of fused-ring (bicyclic) bond motifs is 1. The number of nitrogens with zero attached hydrogens (tertiary/aromatic N) is 1. The number of nitrogens with one attached hydrogen (secondary N) is 2. The maximum absolute atomic E-state index is 12.7. The highest BCUT2D eigenvalue weighted by Crippen LogP contribution is 2.44. The Morgan fingerprint density at radius 3 is 2.49 bits per heavy atom. The summed E-state index contributed by atoms with van der Waals surface area (Å²) in [5.74, 6) is 0.259. The minimum Gasteiger partial charge on any atom is -0.496 e. The number of carbonyl (C=O) groups is 2. The van der Waals surface area contributed by atoms with Gasteiger partial charge in [0.2, 0.25) is 15.9 Å². The van der Waals surface area contributed by atoms with Gasteiger partial charge in [0.1, 0.15) is 5.75 Å². The van der Waals surface area contributed by atoms with E-state index < -0.39 is 10.0 Å². The van der Waals surface area contributed by atoms with Gasteiger partial charge >= 0.3 is 0 Å². The number of aryl methyl sites for hydroxylation is 1. The molecule has 0 radical (unpaired) electrons. The van der Waals surface area contributed by atoms with Crippen LogP contribution in [0.1, 0.15) is 56.3 Å². The average molecular weight is 498 g/mol. The number of methoxy groups -OCH3 is 1. The molecule has 2 aromatic rings. The molecule has 4 rings (SSSR count). The zero-order valence-corrected chi connectivity index (χ0v) is 21.5. The van der Waals surface area contributed by atoms with Gasteiger partial charge in [0.15, 0.2) is 5.78 Å². The summed E-state index contributed by atoms with van der Waals surface area (Å²) in [6, 6.07) is 9.86. The molecular weight excluding hydrogens is 466 g/mol. The summed E-state index contributed by atoms with van der Waals surface area (Å²) < 4.78 is 28.9. The van der Waals surface area contributed by atoms with Gasteiger partial charge in [0.25, 0.3) is 0 Å². The van der Waals surface area contributed by atoms with Gasteiger partial charge in [-0.15, -0.1) is 0 Å². The highest BCUT2D eigenvalue weighted by atomic mass is 32.2. The van der Waals surface area contributed by atoms with Gasteiger partial charge in [-0.1, -0.05) is 39.0 Å². The standard InChI is InChI=1S/C26H31N3O5S/c1-26(2,3)22-14-18(29-11-10-19(30)15-24(29)31)13-21(25(22)34-4)17-6-8-20-16(12-17)7-9-23(20)27-28-35(5,32)33/h6,8,10-14,23,27-28H,7,9,15H2,1-5H3. The second-order valence-electron chi connectivity index (χ2n) is 10.1. The molecule has 2 N–H and O–H groups in total. The van der Waals surface area contributed by atoms with Crippen molar-refractivity contribution in [3.05, 3.63) is 59.3 Å². The van der Waals surface area contributed by atoms with Crippen molar-refractivity contribution in [2.24, 2.45) is 0 Å². The summed E-state index contributed by atoms with van der Waals surface area (Å²) in [6.07, 6.45) is 5.48. The van der Waals surface area contributed by atoms with Crippen LogP contribution in [-0.4, -0.2) is 33.5 Å². The molecule has 2 aliphatic rings. The first-order valence-corrected chi connectivity index (χ1v) is 13.4. The van der Waals surface area contributed by atoms with E-state index in [0.29, 0.717) is 5.69 Å². The number of anilines is 1. The Morgan fingerprint density at radius 1 is 1.11 bits per heavy atom. The van der Waals surface area contributed by atoms with E-state index in [2.05, 4.69) is 37.1 Å². The Balaban J connectivity index is 1.80. The lowest BCUT2D eigenvalue weighted by Crippen LogP contribution is -2.38. The predicted molar refractivity (Wildman–Crippen MR) is 136 cm³/mol. The summed E-state index contributed by atoms with van der Waals surface area (Å²) >= 11 is 0. The van der Waals surface area contributed by atoms with Crippen molar-refractivity contribution < 1.29 is 22.7 Å². The smallest absolute Gasteiger partial charge is 0.238 e. The lowest BCUT2D eigenvalue weighted by Gasteiger charge is -2.28.